The Kier molecular flexibility index (Phi) is 5.53. The number of nitrogens with one attached hydrogen (secondary N) is 1. The highest BCUT2D eigenvalue weighted by molar-refractivity contribution is 5.79. The predicted molar refractivity (Wildman–Crippen MR) is 66.4 cm³/mol. The van der Waals surface area contributed by atoms with Crippen molar-refractivity contribution < 1.29 is 14.8 Å². The number of hydrogen-bond acceptors (Lipinski definition) is 4. The molecule has 0 unspecified atom stereocenters. The molecule has 96 valence electrons. The Balaban J connectivity index is 2.27. The van der Waals surface area contributed by atoms with E-state index in [2.05, 4.69) is 5.32 Å². The van der Waals surface area contributed by atoms with Crippen molar-refractivity contribution in [3.63, 3.8) is 0 Å². The molecule has 0 radical (unpaired) electrons. The van der Waals surface area contributed by atoms with Gasteiger partial charge in [0.15, 0.2) is 0 Å². The normalized spacial score (nSPS) is 10.7. The minimum atomic E-state index is -0.966. The zero-order valence-corrected chi connectivity index (χ0v) is 9.70. The molecule has 0 atom stereocenters. The van der Waals surface area contributed by atoms with E-state index >= 15 is 0 Å². The maximum absolute atomic E-state index is 10.4. The van der Waals surface area contributed by atoms with Crippen LogP contribution in [-0.4, -0.2) is 29.1 Å². The molecule has 0 spiro atoms. The van der Waals surface area contributed by atoms with Crippen LogP contribution in [0.25, 0.3) is 0 Å². The molecule has 0 saturated heterocycles. The minimum Gasteiger partial charge on any atom is -0.478 e. The van der Waals surface area contributed by atoms with Gasteiger partial charge in [-0.05, 0) is 18.5 Å². The first kappa shape index (κ1) is 13.9. The van der Waals surface area contributed by atoms with Crippen molar-refractivity contribution in [2.24, 2.45) is 0 Å². The Morgan fingerprint density at radius 3 is 2.61 bits per heavy atom. The number of hydrogen-bond donors (Lipinski definition) is 2. The molecule has 0 aromatic heterocycles. The molecule has 6 heteroatoms. The average Bonchev–Trinajstić information content (AvgIpc) is 2.34. The Morgan fingerprint density at radius 1 is 1.39 bits per heavy atom. The van der Waals surface area contributed by atoms with E-state index in [-0.39, 0.29) is 5.69 Å². The highest BCUT2D eigenvalue weighted by Crippen LogP contribution is 2.11. The van der Waals surface area contributed by atoms with Gasteiger partial charge in [-0.15, -0.1) is 0 Å². The van der Waals surface area contributed by atoms with Crippen LogP contribution in [0.2, 0.25) is 0 Å². The molecule has 18 heavy (non-hydrogen) atoms. The van der Waals surface area contributed by atoms with Crippen molar-refractivity contribution >= 4 is 11.7 Å². The Hall–Kier alpha value is -2.21. The lowest BCUT2D eigenvalue weighted by Gasteiger charge is -2.01. The van der Waals surface area contributed by atoms with E-state index in [1.165, 1.54) is 18.2 Å². The molecule has 1 aromatic rings. The summed E-state index contributed by atoms with van der Waals surface area (Å²) in [5, 5.41) is 21.8. The molecule has 0 saturated carbocycles. The number of non-ortho nitro benzene ring substituents is 1. The van der Waals surface area contributed by atoms with Crippen LogP contribution in [0.1, 0.15) is 5.56 Å². The van der Waals surface area contributed by atoms with Gasteiger partial charge in [-0.3, -0.25) is 10.1 Å². The summed E-state index contributed by atoms with van der Waals surface area (Å²) in [4.78, 5) is 20.2. The molecule has 1 rings (SSSR count). The molecule has 0 aliphatic heterocycles. The first-order valence-electron chi connectivity index (χ1n) is 5.43. The van der Waals surface area contributed by atoms with Crippen molar-refractivity contribution in [3.05, 3.63) is 52.1 Å². The molecule has 0 aliphatic rings. The van der Waals surface area contributed by atoms with Gasteiger partial charge in [-0.25, -0.2) is 4.79 Å². The summed E-state index contributed by atoms with van der Waals surface area (Å²) in [5.41, 5.74) is 1.08. The maximum Gasteiger partial charge on any atom is 0.328 e. The van der Waals surface area contributed by atoms with E-state index < -0.39 is 10.9 Å². The smallest absolute Gasteiger partial charge is 0.328 e. The van der Waals surface area contributed by atoms with Gasteiger partial charge in [-0.1, -0.05) is 18.2 Å². The van der Waals surface area contributed by atoms with Gasteiger partial charge in [0.2, 0.25) is 0 Å². The van der Waals surface area contributed by atoms with Crippen LogP contribution >= 0.6 is 0 Å². The van der Waals surface area contributed by atoms with Crippen molar-refractivity contribution in [1.82, 2.24) is 5.32 Å². The number of aliphatic carboxylic acids is 1. The molecule has 0 bridgehead atoms. The molecule has 0 aliphatic carbocycles. The van der Waals surface area contributed by atoms with Crippen LogP contribution in [0, 0.1) is 10.1 Å². The van der Waals surface area contributed by atoms with E-state index in [0.29, 0.717) is 13.1 Å². The van der Waals surface area contributed by atoms with Crippen LogP contribution < -0.4 is 5.32 Å². The summed E-state index contributed by atoms with van der Waals surface area (Å²) in [6.07, 6.45) is 3.34. The van der Waals surface area contributed by atoms with Crippen LogP contribution in [0.5, 0.6) is 0 Å². The second-order valence-corrected chi connectivity index (χ2v) is 3.62. The van der Waals surface area contributed by atoms with Crippen LogP contribution in [0.15, 0.2) is 36.4 Å². The Bertz CT molecular complexity index is 440. The van der Waals surface area contributed by atoms with E-state index in [9.17, 15) is 14.9 Å². The van der Waals surface area contributed by atoms with Crippen LogP contribution in [-0.2, 0) is 11.2 Å². The van der Waals surface area contributed by atoms with Crippen molar-refractivity contribution in [3.8, 4) is 0 Å². The largest absolute Gasteiger partial charge is 0.478 e. The third kappa shape index (κ3) is 5.22. The number of nitrogens with zero attached hydrogens (tertiary/aromatic N) is 1. The minimum absolute atomic E-state index is 0.0797. The lowest BCUT2D eigenvalue weighted by Crippen LogP contribution is -2.17. The van der Waals surface area contributed by atoms with Crippen molar-refractivity contribution in [2.75, 3.05) is 13.1 Å². The lowest BCUT2D eigenvalue weighted by molar-refractivity contribution is -0.384. The monoisotopic (exact) mass is 250 g/mol. The van der Waals surface area contributed by atoms with Crippen molar-refractivity contribution in [2.45, 2.75) is 6.42 Å². The summed E-state index contributed by atoms with van der Waals surface area (Å²) in [7, 11) is 0. The van der Waals surface area contributed by atoms with E-state index in [1.54, 1.807) is 12.1 Å². The third-order valence-electron chi connectivity index (χ3n) is 2.26. The van der Waals surface area contributed by atoms with E-state index in [4.69, 9.17) is 5.11 Å². The summed E-state index contributed by atoms with van der Waals surface area (Å²) < 4.78 is 0. The third-order valence-corrected chi connectivity index (χ3v) is 2.26. The van der Waals surface area contributed by atoms with Gasteiger partial charge < -0.3 is 10.4 Å². The predicted octanol–water partition coefficient (Wildman–Crippen LogP) is 1.37. The first-order valence-corrected chi connectivity index (χ1v) is 5.43. The fourth-order valence-electron chi connectivity index (χ4n) is 1.36. The molecule has 6 nitrogen and oxygen atoms in total. The second kappa shape index (κ2) is 7.18. The Morgan fingerprint density at radius 2 is 2.06 bits per heavy atom. The molecule has 0 heterocycles. The topological polar surface area (TPSA) is 92.5 Å². The molecular weight excluding hydrogens is 236 g/mol. The summed E-state index contributed by atoms with van der Waals surface area (Å²) >= 11 is 0. The van der Waals surface area contributed by atoms with Gasteiger partial charge in [0, 0.05) is 24.8 Å². The lowest BCUT2D eigenvalue weighted by atomic mass is 10.1. The highest BCUT2D eigenvalue weighted by Gasteiger charge is 2.03. The number of carboxylic acids is 1. The zero-order chi connectivity index (χ0) is 13.4. The van der Waals surface area contributed by atoms with Gasteiger partial charge in [-0.2, -0.15) is 0 Å². The summed E-state index contributed by atoms with van der Waals surface area (Å²) in [6.45, 7) is 1.17. The average molecular weight is 250 g/mol. The van der Waals surface area contributed by atoms with Crippen molar-refractivity contribution in [1.29, 1.82) is 0 Å². The van der Waals surface area contributed by atoms with Gasteiger partial charge in [0.05, 0.1) is 4.92 Å². The number of nitro benzene ring substituents is 1. The number of rotatable bonds is 7. The molecular formula is C12H14N2O4. The van der Waals surface area contributed by atoms with Crippen LogP contribution in [0.4, 0.5) is 5.69 Å². The number of carbonyl (C=O) groups is 1. The SMILES string of the molecule is O=C(O)/C=C/CNCCc1ccc([N+](=O)[O-])cc1. The standard InChI is InChI=1S/C12H14N2O4/c15-12(16)2-1-8-13-9-7-10-3-5-11(6-4-10)14(17)18/h1-6,13H,7-9H2,(H,15,16)/b2-1+. The second-order valence-electron chi connectivity index (χ2n) is 3.62. The summed E-state index contributed by atoms with van der Waals surface area (Å²) in [5.74, 6) is -0.966. The number of benzene rings is 1. The Labute approximate surface area is 104 Å². The van der Waals surface area contributed by atoms with Gasteiger partial charge >= 0.3 is 5.97 Å². The number of carboxylic acid groups (broad SMARTS) is 1. The quantitative estimate of drug-likeness (QED) is 0.330. The fourth-order valence-corrected chi connectivity index (χ4v) is 1.36. The van der Waals surface area contributed by atoms with E-state index in [1.807, 2.05) is 0 Å². The van der Waals surface area contributed by atoms with Gasteiger partial charge in [0.1, 0.15) is 0 Å². The highest BCUT2D eigenvalue weighted by atomic mass is 16.6. The summed E-state index contributed by atoms with van der Waals surface area (Å²) in [6, 6.07) is 6.37. The first-order chi connectivity index (χ1) is 8.59. The maximum atomic E-state index is 10.4. The molecule has 1 aromatic carbocycles. The zero-order valence-electron chi connectivity index (χ0n) is 9.70. The molecule has 0 amide bonds. The fraction of sp³-hybridized carbons (Fsp3) is 0.250. The van der Waals surface area contributed by atoms with E-state index in [0.717, 1.165) is 18.1 Å². The van der Waals surface area contributed by atoms with Crippen LogP contribution in [0.3, 0.4) is 0 Å². The number of nitro groups is 1. The van der Waals surface area contributed by atoms with Gasteiger partial charge in [0.25, 0.3) is 5.69 Å². The molecule has 2 N–H and O–H groups in total. The molecule has 0 fully saturated rings.